The summed E-state index contributed by atoms with van der Waals surface area (Å²) in [6.07, 6.45) is 2.42. The first-order valence-electron chi connectivity index (χ1n) is 11.3. The molecule has 0 saturated heterocycles. The molecule has 3 N–H and O–H groups in total. The molecule has 0 bridgehead atoms. The third-order valence-electron chi connectivity index (χ3n) is 6.10. The Hall–Kier alpha value is -2.29. The normalized spacial score (nSPS) is 19.4. The summed E-state index contributed by atoms with van der Waals surface area (Å²) >= 11 is 0. The van der Waals surface area contributed by atoms with E-state index in [1.165, 1.54) is 6.07 Å². The van der Waals surface area contributed by atoms with Crippen molar-refractivity contribution in [1.82, 2.24) is 0 Å². The molecule has 3 rings (SSSR count). The minimum atomic E-state index is -3.87. The highest BCUT2D eigenvalue weighted by Gasteiger charge is 2.46. The van der Waals surface area contributed by atoms with Gasteiger partial charge in [-0.15, -0.1) is 4.40 Å². The van der Waals surface area contributed by atoms with E-state index in [4.69, 9.17) is 10.5 Å². The Morgan fingerprint density at radius 3 is 2.38 bits per heavy atom. The summed E-state index contributed by atoms with van der Waals surface area (Å²) in [4.78, 5) is 0. The van der Waals surface area contributed by atoms with Crippen molar-refractivity contribution < 1.29 is 22.7 Å². The maximum Gasteiger partial charge on any atom is 0.263 e. The molecule has 0 aliphatic carbocycles. The molecule has 1 aliphatic heterocycles. The lowest BCUT2D eigenvalue weighted by molar-refractivity contribution is 0.0797. The molecule has 0 saturated carbocycles. The molecule has 1 unspecified atom stereocenters. The summed E-state index contributed by atoms with van der Waals surface area (Å²) < 4.78 is 50.7. The maximum absolute atomic E-state index is 14.3. The lowest BCUT2D eigenvalue weighted by atomic mass is 9.91. The first-order valence-corrected chi connectivity index (χ1v) is 12.8. The summed E-state index contributed by atoms with van der Waals surface area (Å²) in [6.45, 7) is 3.95. The second-order valence-electron chi connectivity index (χ2n) is 9.04. The zero-order valence-electron chi connectivity index (χ0n) is 19.2. The Balaban J connectivity index is 0.00000408. The highest BCUT2D eigenvalue weighted by molar-refractivity contribution is 7.91. The van der Waals surface area contributed by atoms with E-state index >= 15 is 0 Å². The molecule has 34 heavy (non-hydrogen) atoms. The van der Waals surface area contributed by atoms with E-state index in [2.05, 4.69) is 4.40 Å². The van der Waals surface area contributed by atoms with Gasteiger partial charge in [0.25, 0.3) is 10.0 Å². The molecule has 0 fully saturated rings. The molecule has 2 aromatic carbocycles. The van der Waals surface area contributed by atoms with E-state index < -0.39 is 32.6 Å². The molecule has 2 aromatic rings. The van der Waals surface area contributed by atoms with Gasteiger partial charge in [0, 0.05) is 13.0 Å². The van der Waals surface area contributed by atoms with Crippen molar-refractivity contribution in [2.75, 3.05) is 13.2 Å². The van der Waals surface area contributed by atoms with E-state index in [0.29, 0.717) is 12.1 Å². The average Bonchev–Trinajstić information content (AvgIpc) is 2.75. The fourth-order valence-corrected chi connectivity index (χ4v) is 5.98. The lowest BCUT2D eigenvalue weighted by Gasteiger charge is -2.38. The summed E-state index contributed by atoms with van der Waals surface area (Å²) in [5.41, 5.74) is 7.00. The SMILES string of the molecule is C.CC1(C)OC(C[C@@H](CCO)c2ccccc2F)=NS(=O)(=O)C1Cc1ccc(CCCN)cc1. The van der Waals surface area contributed by atoms with Gasteiger partial charge in [0.2, 0.25) is 5.90 Å². The molecule has 6 nitrogen and oxygen atoms in total. The highest BCUT2D eigenvalue weighted by Crippen LogP contribution is 2.34. The van der Waals surface area contributed by atoms with Gasteiger partial charge in [-0.3, -0.25) is 0 Å². The molecule has 0 spiro atoms. The number of sulfonamides is 1. The largest absolute Gasteiger partial charge is 0.473 e. The first kappa shape index (κ1) is 28.0. The van der Waals surface area contributed by atoms with Gasteiger partial charge in [-0.25, -0.2) is 12.8 Å². The molecule has 0 aromatic heterocycles. The second kappa shape index (κ2) is 11.9. The molecule has 188 valence electrons. The van der Waals surface area contributed by atoms with Crippen LogP contribution in [-0.2, 0) is 27.6 Å². The molecule has 1 aliphatic rings. The van der Waals surface area contributed by atoms with Gasteiger partial charge in [0.05, 0.1) is 0 Å². The maximum atomic E-state index is 14.3. The number of nitrogens with two attached hydrogens (primary N) is 1. The predicted octanol–water partition coefficient (Wildman–Crippen LogP) is 4.36. The van der Waals surface area contributed by atoms with Crippen molar-refractivity contribution in [3.8, 4) is 0 Å². The van der Waals surface area contributed by atoms with Crippen LogP contribution in [0.5, 0.6) is 0 Å². The van der Waals surface area contributed by atoms with Crippen molar-refractivity contribution in [2.45, 2.75) is 70.1 Å². The molecular weight excluding hydrogens is 455 g/mol. The molecule has 0 amide bonds. The van der Waals surface area contributed by atoms with E-state index in [1.807, 2.05) is 24.3 Å². The van der Waals surface area contributed by atoms with E-state index in [0.717, 1.165) is 24.0 Å². The highest BCUT2D eigenvalue weighted by atomic mass is 32.2. The van der Waals surface area contributed by atoms with Crippen molar-refractivity contribution in [3.63, 3.8) is 0 Å². The van der Waals surface area contributed by atoms with Crippen LogP contribution in [0.2, 0.25) is 0 Å². The fourth-order valence-electron chi connectivity index (χ4n) is 4.28. The van der Waals surface area contributed by atoms with Gasteiger partial charge >= 0.3 is 0 Å². The van der Waals surface area contributed by atoms with Crippen LogP contribution in [-0.4, -0.2) is 43.4 Å². The summed E-state index contributed by atoms with van der Waals surface area (Å²) in [5.74, 6) is -0.795. The average molecular weight is 493 g/mol. The van der Waals surface area contributed by atoms with Gasteiger partial charge in [-0.05, 0) is 74.8 Å². The van der Waals surface area contributed by atoms with Crippen molar-refractivity contribution in [2.24, 2.45) is 10.1 Å². The van der Waals surface area contributed by atoms with Crippen LogP contribution in [0, 0.1) is 5.82 Å². The predicted molar refractivity (Wildman–Crippen MR) is 135 cm³/mol. The van der Waals surface area contributed by atoms with E-state index in [-0.39, 0.29) is 39.2 Å². The Kier molecular flexibility index (Phi) is 9.79. The van der Waals surface area contributed by atoms with Crippen LogP contribution in [0.4, 0.5) is 4.39 Å². The number of nitrogens with zero attached hydrogens (tertiary/aromatic N) is 1. The van der Waals surface area contributed by atoms with Gasteiger partial charge in [-0.1, -0.05) is 49.9 Å². The van der Waals surface area contributed by atoms with Gasteiger partial charge in [0.1, 0.15) is 16.7 Å². The molecule has 0 radical (unpaired) electrons. The third-order valence-corrected chi connectivity index (χ3v) is 8.01. The second-order valence-corrected chi connectivity index (χ2v) is 10.8. The summed E-state index contributed by atoms with van der Waals surface area (Å²) in [7, 11) is -3.87. The fraction of sp³-hybridized carbons (Fsp3) is 0.500. The van der Waals surface area contributed by atoms with Crippen LogP contribution in [0.15, 0.2) is 52.9 Å². The number of hydrogen-bond donors (Lipinski definition) is 2. The molecular formula is C26H37FN2O4S. The monoisotopic (exact) mass is 492 g/mol. The first-order chi connectivity index (χ1) is 15.7. The van der Waals surface area contributed by atoms with Crippen molar-refractivity contribution >= 4 is 15.9 Å². The zero-order chi connectivity index (χ0) is 24.1. The quantitative estimate of drug-likeness (QED) is 0.513. The number of aliphatic hydroxyl groups is 1. The zero-order valence-corrected chi connectivity index (χ0v) is 20.0. The molecule has 2 atom stereocenters. The molecule has 8 heteroatoms. The Morgan fingerprint density at radius 1 is 1.15 bits per heavy atom. The third kappa shape index (κ3) is 6.87. The smallest absolute Gasteiger partial charge is 0.263 e. The van der Waals surface area contributed by atoms with Gasteiger partial charge in [-0.2, -0.15) is 0 Å². The Bertz CT molecular complexity index is 1070. The standard InChI is InChI=1S/C25H33FN2O4S.CH4/c1-25(2)23(16-19-11-9-18(10-12-19)6-5-14-27)33(30,31)28-24(32-25)17-20(13-15-29)21-7-3-4-8-22(21)26;/h3-4,7-12,20,23,29H,5-6,13-17,27H2,1-2H3;1H4/t20-,23?;/m1./s1. The molecule has 1 heterocycles. The summed E-state index contributed by atoms with van der Waals surface area (Å²) in [6, 6.07) is 14.2. The lowest BCUT2D eigenvalue weighted by Crippen LogP contribution is -2.50. The van der Waals surface area contributed by atoms with Crippen molar-refractivity contribution in [1.29, 1.82) is 0 Å². The number of rotatable bonds is 10. The van der Waals surface area contributed by atoms with Crippen LogP contribution in [0.3, 0.4) is 0 Å². The van der Waals surface area contributed by atoms with Gasteiger partial charge in [0.15, 0.2) is 0 Å². The number of hydrogen-bond acceptors (Lipinski definition) is 5. The van der Waals surface area contributed by atoms with Crippen molar-refractivity contribution in [3.05, 3.63) is 71.0 Å². The van der Waals surface area contributed by atoms with Crippen LogP contribution in [0.1, 0.15) is 63.1 Å². The summed E-state index contributed by atoms with van der Waals surface area (Å²) in [5, 5.41) is 8.62. The number of ether oxygens (including phenoxy) is 1. The van der Waals surface area contributed by atoms with Gasteiger partial charge < -0.3 is 15.6 Å². The van der Waals surface area contributed by atoms with E-state index in [1.54, 1.807) is 32.0 Å². The Morgan fingerprint density at radius 2 is 1.79 bits per heavy atom. The van der Waals surface area contributed by atoms with E-state index in [9.17, 15) is 17.9 Å². The topological polar surface area (TPSA) is 102 Å². The van der Waals surface area contributed by atoms with Crippen LogP contribution >= 0.6 is 0 Å². The number of aryl methyl sites for hydroxylation is 1. The number of aliphatic hydroxyl groups excluding tert-OH is 1. The minimum absolute atomic E-state index is 0. The number of halogens is 1. The Labute approximate surface area is 203 Å². The van der Waals surface area contributed by atoms with Crippen LogP contribution < -0.4 is 5.73 Å². The minimum Gasteiger partial charge on any atom is -0.473 e. The van der Waals surface area contributed by atoms with Crippen LogP contribution in [0.25, 0.3) is 0 Å². The number of benzene rings is 2.